The van der Waals surface area contributed by atoms with E-state index in [1.165, 1.54) is 0 Å². The molecule has 1 heterocycles. The van der Waals surface area contributed by atoms with Crippen LogP contribution in [-0.4, -0.2) is 31.0 Å². The van der Waals surface area contributed by atoms with E-state index in [-0.39, 0.29) is 12.7 Å². The molecule has 1 aliphatic heterocycles. The summed E-state index contributed by atoms with van der Waals surface area (Å²) in [6, 6.07) is 7.68. The molecule has 0 bridgehead atoms. The van der Waals surface area contributed by atoms with Crippen LogP contribution in [0.2, 0.25) is 0 Å². The van der Waals surface area contributed by atoms with Gasteiger partial charge in [0.2, 0.25) is 0 Å². The van der Waals surface area contributed by atoms with Crippen LogP contribution in [0.5, 0.6) is 5.75 Å². The molecule has 3 heteroatoms. The van der Waals surface area contributed by atoms with Gasteiger partial charge in [0.25, 0.3) is 0 Å². The summed E-state index contributed by atoms with van der Waals surface area (Å²) in [6.45, 7) is 1.58. The third kappa shape index (κ3) is 4.06. The maximum Gasteiger partial charge on any atom is 0.119 e. The lowest BCUT2D eigenvalue weighted by atomic mass is 10.2. The first-order chi connectivity index (χ1) is 8.88. The highest BCUT2D eigenvalue weighted by Crippen LogP contribution is 2.16. The molecule has 1 aromatic rings. The lowest BCUT2D eigenvalue weighted by Gasteiger charge is -2.11. The van der Waals surface area contributed by atoms with Crippen molar-refractivity contribution in [3.8, 4) is 17.6 Å². The summed E-state index contributed by atoms with van der Waals surface area (Å²) in [4.78, 5) is 0. The minimum atomic E-state index is 0.107. The van der Waals surface area contributed by atoms with Crippen molar-refractivity contribution in [3.05, 3.63) is 29.8 Å². The van der Waals surface area contributed by atoms with E-state index in [1.807, 2.05) is 24.3 Å². The molecule has 1 saturated heterocycles. The molecular formula is C15H18O3. The number of rotatable bonds is 4. The SMILES string of the molecule is OCCC#Cc1ccc(OCC2CCCO2)cc1. The van der Waals surface area contributed by atoms with Crippen LogP contribution in [0.4, 0.5) is 0 Å². The van der Waals surface area contributed by atoms with E-state index in [1.54, 1.807) is 0 Å². The standard InChI is InChI=1S/C15H18O3/c16-10-2-1-4-13-6-8-14(9-7-13)18-12-15-5-3-11-17-15/h6-9,15-16H,2-3,5,10-12H2. The highest BCUT2D eigenvalue weighted by molar-refractivity contribution is 5.38. The number of hydrogen-bond donors (Lipinski definition) is 1. The van der Waals surface area contributed by atoms with E-state index in [0.29, 0.717) is 13.0 Å². The van der Waals surface area contributed by atoms with Crippen LogP contribution in [0.25, 0.3) is 0 Å². The Balaban J connectivity index is 1.81. The van der Waals surface area contributed by atoms with E-state index in [0.717, 1.165) is 30.8 Å². The average molecular weight is 246 g/mol. The number of aliphatic hydroxyl groups excluding tert-OH is 1. The number of benzene rings is 1. The summed E-state index contributed by atoms with van der Waals surface area (Å²) in [5.41, 5.74) is 0.938. The maximum atomic E-state index is 8.63. The van der Waals surface area contributed by atoms with Crippen LogP contribution < -0.4 is 4.74 Å². The average Bonchev–Trinajstić information content (AvgIpc) is 2.91. The molecule has 0 spiro atoms. The normalized spacial score (nSPS) is 18.2. The molecule has 3 nitrogen and oxygen atoms in total. The Morgan fingerprint density at radius 3 is 2.83 bits per heavy atom. The smallest absolute Gasteiger partial charge is 0.119 e. The van der Waals surface area contributed by atoms with Gasteiger partial charge in [-0.05, 0) is 37.1 Å². The summed E-state index contributed by atoms with van der Waals surface area (Å²) < 4.78 is 11.2. The fourth-order valence-corrected chi connectivity index (χ4v) is 1.82. The predicted molar refractivity (Wildman–Crippen MR) is 69.5 cm³/mol. The Morgan fingerprint density at radius 2 is 2.17 bits per heavy atom. The first kappa shape index (κ1) is 12.9. The minimum absolute atomic E-state index is 0.107. The Labute approximate surface area is 108 Å². The van der Waals surface area contributed by atoms with Gasteiger partial charge in [0.15, 0.2) is 0 Å². The molecule has 0 amide bonds. The molecule has 1 aliphatic rings. The highest BCUT2D eigenvalue weighted by atomic mass is 16.5. The molecule has 0 aromatic heterocycles. The Kier molecular flexibility index (Phi) is 5.07. The molecular weight excluding hydrogens is 228 g/mol. The monoisotopic (exact) mass is 246 g/mol. The Hall–Kier alpha value is -1.50. The molecule has 96 valence electrons. The van der Waals surface area contributed by atoms with Crippen molar-refractivity contribution in [2.45, 2.75) is 25.4 Å². The molecule has 1 fully saturated rings. The maximum absolute atomic E-state index is 8.63. The fourth-order valence-electron chi connectivity index (χ4n) is 1.82. The molecule has 2 rings (SSSR count). The van der Waals surface area contributed by atoms with E-state index in [9.17, 15) is 0 Å². The van der Waals surface area contributed by atoms with Gasteiger partial charge in [-0.1, -0.05) is 11.8 Å². The molecule has 0 aliphatic carbocycles. The van der Waals surface area contributed by atoms with Crippen LogP contribution in [0, 0.1) is 11.8 Å². The summed E-state index contributed by atoms with van der Waals surface area (Å²) in [7, 11) is 0. The largest absolute Gasteiger partial charge is 0.491 e. The van der Waals surface area contributed by atoms with Crippen molar-refractivity contribution < 1.29 is 14.6 Å². The second kappa shape index (κ2) is 7.05. The molecule has 1 unspecified atom stereocenters. The van der Waals surface area contributed by atoms with Crippen molar-refractivity contribution in [1.29, 1.82) is 0 Å². The zero-order chi connectivity index (χ0) is 12.6. The summed E-state index contributed by atoms with van der Waals surface area (Å²) in [5.74, 6) is 6.71. The van der Waals surface area contributed by atoms with E-state index in [4.69, 9.17) is 14.6 Å². The van der Waals surface area contributed by atoms with Crippen molar-refractivity contribution in [2.24, 2.45) is 0 Å². The first-order valence-corrected chi connectivity index (χ1v) is 6.32. The molecule has 0 radical (unpaired) electrons. The minimum Gasteiger partial charge on any atom is -0.491 e. The molecule has 1 atom stereocenters. The molecule has 1 N–H and O–H groups in total. The summed E-state index contributed by atoms with van der Waals surface area (Å²) >= 11 is 0. The van der Waals surface area contributed by atoms with Crippen molar-refractivity contribution in [1.82, 2.24) is 0 Å². The lowest BCUT2D eigenvalue weighted by Crippen LogP contribution is -2.16. The second-order valence-corrected chi connectivity index (χ2v) is 4.25. The lowest BCUT2D eigenvalue weighted by molar-refractivity contribution is 0.0679. The highest BCUT2D eigenvalue weighted by Gasteiger charge is 2.15. The van der Waals surface area contributed by atoms with Gasteiger partial charge in [-0.25, -0.2) is 0 Å². The van der Waals surface area contributed by atoms with Gasteiger partial charge in [0, 0.05) is 18.6 Å². The van der Waals surface area contributed by atoms with Crippen LogP contribution >= 0.6 is 0 Å². The predicted octanol–water partition coefficient (Wildman–Crippen LogP) is 1.98. The third-order valence-corrected chi connectivity index (χ3v) is 2.78. The van der Waals surface area contributed by atoms with Crippen molar-refractivity contribution in [3.63, 3.8) is 0 Å². The third-order valence-electron chi connectivity index (χ3n) is 2.78. The summed E-state index contributed by atoms with van der Waals surface area (Å²) in [6.07, 6.45) is 2.98. The van der Waals surface area contributed by atoms with Crippen LogP contribution in [0.15, 0.2) is 24.3 Å². The number of aliphatic hydroxyl groups is 1. The first-order valence-electron chi connectivity index (χ1n) is 6.32. The topological polar surface area (TPSA) is 38.7 Å². The number of hydrogen-bond acceptors (Lipinski definition) is 3. The van der Waals surface area contributed by atoms with E-state index < -0.39 is 0 Å². The fraction of sp³-hybridized carbons (Fsp3) is 0.467. The van der Waals surface area contributed by atoms with E-state index in [2.05, 4.69) is 11.8 Å². The zero-order valence-corrected chi connectivity index (χ0v) is 10.4. The van der Waals surface area contributed by atoms with Gasteiger partial charge < -0.3 is 14.6 Å². The summed E-state index contributed by atoms with van der Waals surface area (Å²) in [5, 5.41) is 8.63. The zero-order valence-electron chi connectivity index (χ0n) is 10.4. The van der Waals surface area contributed by atoms with Crippen LogP contribution in [0.1, 0.15) is 24.8 Å². The van der Waals surface area contributed by atoms with Gasteiger partial charge in [0.05, 0.1) is 12.7 Å². The van der Waals surface area contributed by atoms with Gasteiger partial charge in [0.1, 0.15) is 12.4 Å². The van der Waals surface area contributed by atoms with Gasteiger partial charge in [-0.3, -0.25) is 0 Å². The van der Waals surface area contributed by atoms with Gasteiger partial charge in [-0.15, -0.1) is 0 Å². The molecule has 0 saturated carbocycles. The van der Waals surface area contributed by atoms with E-state index >= 15 is 0 Å². The Morgan fingerprint density at radius 1 is 1.33 bits per heavy atom. The number of ether oxygens (including phenoxy) is 2. The Bertz CT molecular complexity index is 408. The second-order valence-electron chi connectivity index (χ2n) is 4.25. The molecule has 18 heavy (non-hydrogen) atoms. The van der Waals surface area contributed by atoms with Gasteiger partial charge in [-0.2, -0.15) is 0 Å². The van der Waals surface area contributed by atoms with Crippen molar-refractivity contribution in [2.75, 3.05) is 19.8 Å². The van der Waals surface area contributed by atoms with Crippen LogP contribution in [0.3, 0.4) is 0 Å². The van der Waals surface area contributed by atoms with Crippen molar-refractivity contribution >= 4 is 0 Å². The quantitative estimate of drug-likeness (QED) is 0.826. The van der Waals surface area contributed by atoms with Crippen LogP contribution in [-0.2, 0) is 4.74 Å². The molecule has 1 aromatic carbocycles. The van der Waals surface area contributed by atoms with Gasteiger partial charge >= 0.3 is 0 Å².